The zero-order valence-corrected chi connectivity index (χ0v) is 42.6. The van der Waals surface area contributed by atoms with Crippen molar-refractivity contribution in [1.29, 1.82) is 0 Å². The fourth-order valence-corrected chi connectivity index (χ4v) is 16.0. The Morgan fingerprint density at radius 1 is 0.533 bits per heavy atom. The molecule has 6 aliphatic heterocycles. The molecule has 15 N–H and O–H groups in total. The van der Waals surface area contributed by atoms with Crippen molar-refractivity contribution in [3.63, 3.8) is 0 Å². The maximum Gasteiger partial charge on any atom is 0.187 e. The van der Waals surface area contributed by atoms with E-state index in [2.05, 4.69) is 20.8 Å². The van der Waals surface area contributed by atoms with Crippen LogP contribution in [0.5, 0.6) is 0 Å². The fourth-order valence-electron chi connectivity index (χ4n) is 16.0. The maximum absolute atomic E-state index is 13.0. The van der Waals surface area contributed by atoms with Crippen LogP contribution >= 0.6 is 0 Å². The Bertz CT molecular complexity index is 1930. The molecule has 25 heteroatoms. The van der Waals surface area contributed by atoms with Gasteiger partial charge in [0.1, 0.15) is 91.6 Å². The van der Waals surface area contributed by atoms with Crippen LogP contribution in [-0.4, -0.2) is 263 Å². The van der Waals surface area contributed by atoms with Crippen molar-refractivity contribution >= 4 is 0 Å². The minimum absolute atomic E-state index is 0.0347. The maximum atomic E-state index is 13.0. The summed E-state index contributed by atoms with van der Waals surface area (Å²) in [7, 11) is 0. The lowest BCUT2D eigenvalue weighted by Crippen LogP contribution is -2.68. The van der Waals surface area contributed by atoms with Crippen molar-refractivity contribution in [3.8, 4) is 0 Å². The van der Waals surface area contributed by atoms with E-state index in [9.17, 15) is 76.6 Å². The molecule has 6 saturated heterocycles. The lowest BCUT2D eigenvalue weighted by atomic mass is 9.42. The molecular formula is C50H82O25. The van der Waals surface area contributed by atoms with Gasteiger partial charge in [-0.25, -0.2) is 0 Å². The average Bonchev–Trinajstić information content (AvgIpc) is 3.83. The van der Waals surface area contributed by atoms with Gasteiger partial charge in [0.2, 0.25) is 0 Å². The van der Waals surface area contributed by atoms with E-state index in [-0.39, 0.29) is 48.2 Å². The Balaban J connectivity index is 0.827. The SMILES string of the molecule is C[C@H]1[C@H]2[C@H](C[C@@]3(O)[C@@H]4CC[C@H]5C[C@@H](O[C@@H]6O[C@H](CO)[C@H](O[C@@H]7O[C@H](CO)[C@@H](O)[C@H](O[C@@H]8OC[C@@H](O)[C@H](O)[C@H]8O)[C@H]7O[C@@H]7O[C@H](CO)[C@H](O)[C@H](O)[C@H]7O)[C@H](O)[C@H]6O)[C@H](O)C[C@]5(C)[C@H]4CC[C@]23C)O[C@]12CC[C@@H](CO)CO2. The van der Waals surface area contributed by atoms with Crippen molar-refractivity contribution in [2.45, 2.75) is 225 Å². The van der Waals surface area contributed by atoms with Crippen LogP contribution in [0.15, 0.2) is 0 Å². The second-order valence-electron chi connectivity index (χ2n) is 24.1. The Labute approximate surface area is 434 Å². The molecule has 4 aliphatic carbocycles. The third-order valence-corrected chi connectivity index (χ3v) is 20.3. The van der Waals surface area contributed by atoms with E-state index < -0.39 is 178 Å². The van der Waals surface area contributed by atoms with Crippen LogP contribution in [0.25, 0.3) is 0 Å². The van der Waals surface area contributed by atoms with E-state index in [0.717, 1.165) is 32.1 Å². The Hall–Kier alpha value is -1.00. The minimum atomic E-state index is -2.04. The fraction of sp³-hybridized carbons (Fsp3) is 1.00. The van der Waals surface area contributed by atoms with E-state index in [1.807, 2.05) is 0 Å². The molecule has 4 saturated carbocycles. The normalized spacial score (nSPS) is 58.0. The van der Waals surface area contributed by atoms with Crippen molar-refractivity contribution in [3.05, 3.63) is 0 Å². The van der Waals surface area contributed by atoms with E-state index in [4.69, 9.17) is 47.4 Å². The molecule has 0 unspecified atom stereocenters. The zero-order valence-electron chi connectivity index (χ0n) is 42.6. The average molecular weight is 1080 g/mol. The van der Waals surface area contributed by atoms with Crippen LogP contribution in [0.3, 0.4) is 0 Å². The molecule has 0 bridgehead atoms. The van der Waals surface area contributed by atoms with Crippen LogP contribution in [0.2, 0.25) is 0 Å². The predicted molar refractivity (Wildman–Crippen MR) is 247 cm³/mol. The van der Waals surface area contributed by atoms with Crippen molar-refractivity contribution in [1.82, 2.24) is 0 Å². The number of aliphatic hydroxyl groups excluding tert-OH is 14. The molecule has 6 heterocycles. The summed E-state index contributed by atoms with van der Waals surface area (Å²) < 4.78 is 60.7. The quantitative estimate of drug-likeness (QED) is 0.0812. The molecule has 32 atom stereocenters. The third-order valence-electron chi connectivity index (χ3n) is 20.3. The lowest BCUT2D eigenvalue weighted by Gasteiger charge is -2.64. The lowest BCUT2D eigenvalue weighted by molar-refractivity contribution is -0.404. The van der Waals surface area contributed by atoms with Gasteiger partial charge < -0.3 is 124 Å². The van der Waals surface area contributed by atoms with Crippen molar-refractivity contribution < 1.29 is 124 Å². The first-order valence-corrected chi connectivity index (χ1v) is 27.1. The Morgan fingerprint density at radius 2 is 1.16 bits per heavy atom. The second-order valence-corrected chi connectivity index (χ2v) is 24.1. The number of hydrogen-bond donors (Lipinski definition) is 15. The summed E-state index contributed by atoms with van der Waals surface area (Å²) in [5.74, 6) is -0.449. The molecular weight excluding hydrogens is 1000 g/mol. The molecule has 0 aromatic heterocycles. The highest BCUT2D eigenvalue weighted by molar-refractivity contribution is 5.22. The highest BCUT2D eigenvalue weighted by atomic mass is 16.8. The van der Waals surface area contributed by atoms with Crippen LogP contribution < -0.4 is 0 Å². The van der Waals surface area contributed by atoms with E-state index >= 15 is 0 Å². The standard InChI is InChI=1S/C50H82O25/c1-19-31-27(75-50(19)9-6-20(13-51)17-67-50)12-49(65)23-5-4-21-10-26(24(55)11-47(21,2)22(23)7-8-48(31,49)3)68-44-39(64)36(61)40(30(16-54)71-44)72-46-42(74-45-38(63)35(60)33(58)28(14-52)69-45)41(34(59)29(15-53)70-46)73-43-37(62)32(57)25(56)18-66-43/h19-46,51-65H,4-18H2,1-3H3/t19-,20-,21-,22-,23+,24+,25+,26+,27-,28+,29+,30+,31-,32-,33-,34+,35-,36+,37+,38+,39+,40-,41-,42+,43-,44+,45-,46-,47-,48+,49+,50+/m0/s1. The highest BCUT2D eigenvalue weighted by Gasteiger charge is 2.75. The van der Waals surface area contributed by atoms with E-state index in [1.165, 1.54) is 0 Å². The van der Waals surface area contributed by atoms with Gasteiger partial charge in [0.15, 0.2) is 30.9 Å². The Kier molecular flexibility index (Phi) is 16.6. The summed E-state index contributed by atoms with van der Waals surface area (Å²) in [5, 5.41) is 164. The molecule has 432 valence electrons. The number of rotatable bonds is 12. The van der Waals surface area contributed by atoms with Crippen molar-refractivity contribution in [2.24, 2.45) is 46.3 Å². The summed E-state index contributed by atoms with van der Waals surface area (Å²) in [5.41, 5.74) is -1.83. The second kappa shape index (κ2) is 21.7. The monoisotopic (exact) mass is 1080 g/mol. The molecule has 25 nitrogen and oxygen atoms in total. The number of hydrogen-bond acceptors (Lipinski definition) is 25. The summed E-state index contributed by atoms with van der Waals surface area (Å²) in [6.07, 6.45) is -30.6. The first-order chi connectivity index (χ1) is 35.6. The molecule has 75 heavy (non-hydrogen) atoms. The summed E-state index contributed by atoms with van der Waals surface area (Å²) >= 11 is 0. The summed E-state index contributed by atoms with van der Waals surface area (Å²) in [4.78, 5) is 0. The van der Waals surface area contributed by atoms with Gasteiger partial charge in [-0.2, -0.15) is 0 Å². The summed E-state index contributed by atoms with van der Waals surface area (Å²) in [6.45, 7) is 3.92. The molecule has 1 spiro atoms. The molecule has 0 amide bonds. The van der Waals surface area contributed by atoms with Crippen LogP contribution in [0.4, 0.5) is 0 Å². The molecule has 0 aromatic rings. The highest BCUT2D eigenvalue weighted by Crippen LogP contribution is 2.73. The van der Waals surface area contributed by atoms with Gasteiger partial charge in [-0.3, -0.25) is 0 Å². The minimum Gasteiger partial charge on any atom is -0.396 e. The third kappa shape index (κ3) is 9.48. The topological polar surface area (TPSA) is 396 Å². The van der Waals surface area contributed by atoms with E-state index in [1.54, 1.807) is 0 Å². The molecule has 10 aliphatic rings. The Morgan fingerprint density at radius 3 is 1.84 bits per heavy atom. The van der Waals surface area contributed by atoms with Gasteiger partial charge in [0, 0.05) is 42.6 Å². The number of aliphatic hydroxyl groups is 15. The van der Waals surface area contributed by atoms with Gasteiger partial charge >= 0.3 is 0 Å². The number of fused-ring (bicyclic) bond motifs is 7. The molecule has 10 fully saturated rings. The van der Waals surface area contributed by atoms with Crippen LogP contribution in [0.1, 0.15) is 78.6 Å². The van der Waals surface area contributed by atoms with Gasteiger partial charge in [-0.1, -0.05) is 20.8 Å². The first-order valence-electron chi connectivity index (χ1n) is 27.1. The van der Waals surface area contributed by atoms with Crippen LogP contribution in [0, 0.1) is 46.3 Å². The van der Waals surface area contributed by atoms with Gasteiger partial charge in [0.05, 0.1) is 56.9 Å². The van der Waals surface area contributed by atoms with E-state index in [0.29, 0.717) is 32.3 Å². The van der Waals surface area contributed by atoms with Gasteiger partial charge in [0.25, 0.3) is 0 Å². The van der Waals surface area contributed by atoms with Gasteiger partial charge in [-0.05, 0) is 68.1 Å². The molecule has 0 aromatic carbocycles. The molecule has 0 radical (unpaired) electrons. The number of ether oxygens (including phenoxy) is 10. The first kappa shape index (κ1) is 57.2. The van der Waals surface area contributed by atoms with Crippen molar-refractivity contribution in [2.75, 3.05) is 39.6 Å². The summed E-state index contributed by atoms with van der Waals surface area (Å²) in [6, 6.07) is 0. The van der Waals surface area contributed by atoms with Crippen LogP contribution in [-0.2, 0) is 47.4 Å². The largest absolute Gasteiger partial charge is 0.396 e. The van der Waals surface area contributed by atoms with Gasteiger partial charge in [-0.15, -0.1) is 0 Å². The smallest absolute Gasteiger partial charge is 0.187 e. The zero-order chi connectivity index (χ0) is 53.8. The predicted octanol–water partition coefficient (Wildman–Crippen LogP) is -5.21. The molecule has 10 rings (SSSR count).